The van der Waals surface area contributed by atoms with Crippen LogP contribution in [0.15, 0.2) is 0 Å². The van der Waals surface area contributed by atoms with Crippen LogP contribution in [0.1, 0.15) is 33.1 Å². The quantitative estimate of drug-likeness (QED) is 0.522. The van der Waals surface area contributed by atoms with Crippen molar-refractivity contribution in [3.05, 3.63) is 0 Å². The van der Waals surface area contributed by atoms with Crippen LogP contribution in [0.5, 0.6) is 0 Å². The maximum absolute atomic E-state index is 11.4. The van der Waals surface area contributed by atoms with Crippen LogP contribution in [0.25, 0.3) is 0 Å². The van der Waals surface area contributed by atoms with Crippen molar-refractivity contribution in [3.8, 4) is 0 Å². The molecule has 1 atom stereocenters. The average molecular weight is 242 g/mol. The molecule has 0 aromatic heterocycles. The fraction of sp³-hybridized carbons (Fsp3) is 1.00. The van der Waals surface area contributed by atoms with Gasteiger partial charge >= 0.3 is 0 Å². The van der Waals surface area contributed by atoms with E-state index in [1.54, 1.807) is 0 Å². The Kier molecular flexibility index (Phi) is 7.59. The van der Waals surface area contributed by atoms with Gasteiger partial charge in [0.1, 0.15) is 0 Å². The van der Waals surface area contributed by atoms with E-state index in [9.17, 15) is 8.42 Å². The largest absolute Gasteiger partial charge is 0.215 e. The number of nitrogens with one attached hydrogen (secondary N) is 1. The predicted octanol–water partition coefficient (Wildman–Crippen LogP) is 1.97. The summed E-state index contributed by atoms with van der Waals surface area (Å²) >= 11 is 5.47. The minimum atomic E-state index is -3.07. The normalized spacial score (nSPS) is 14.2. The van der Waals surface area contributed by atoms with Gasteiger partial charge in [0.05, 0.1) is 5.75 Å². The van der Waals surface area contributed by atoms with Crippen molar-refractivity contribution in [1.29, 1.82) is 0 Å². The first kappa shape index (κ1) is 14.2. The minimum absolute atomic E-state index is 0.191. The first-order valence-corrected chi connectivity index (χ1v) is 7.23. The Morgan fingerprint density at radius 3 is 2.50 bits per heavy atom. The Bertz CT molecular complexity index is 229. The lowest BCUT2D eigenvalue weighted by Crippen LogP contribution is -2.30. The van der Waals surface area contributed by atoms with Crippen LogP contribution in [-0.4, -0.2) is 26.6 Å². The number of rotatable bonds is 8. The number of halogens is 1. The van der Waals surface area contributed by atoms with Gasteiger partial charge in [-0.05, 0) is 18.8 Å². The summed E-state index contributed by atoms with van der Waals surface area (Å²) in [6, 6.07) is 0. The van der Waals surface area contributed by atoms with E-state index in [0.29, 0.717) is 24.8 Å². The summed E-state index contributed by atoms with van der Waals surface area (Å²) in [5, 5.41) is 0. The summed E-state index contributed by atoms with van der Waals surface area (Å²) in [5.74, 6) is 1.12. The maximum Gasteiger partial charge on any atom is 0.211 e. The number of sulfonamides is 1. The molecule has 86 valence electrons. The van der Waals surface area contributed by atoms with Crippen molar-refractivity contribution in [2.24, 2.45) is 5.92 Å². The van der Waals surface area contributed by atoms with Crippen molar-refractivity contribution >= 4 is 21.6 Å². The smallest absolute Gasteiger partial charge is 0.211 e. The minimum Gasteiger partial charge on any atom is -0.215 e. The predicted molar refractivity (Wildman–Crippen MR) is 61.2 cm³/mol. The summed E-state index contributed by atoms with van der Waals surface area (Å²) < 4.78 is 25.3. The molecule has 0 saturated carbocycles. The summed E-state index contributed by atoms with van der Waals surface area (Å²) in [6.07, 6.45) is 2.38. The molecule has 3 nitrogen and oxygen atoms in total. The molecule has 0 rings (SSSR count). The number of hydrogen-bond donors (Lipinski definition) is 1. The van der Waals surface area contributed by atoms with E-state index >= 15 is 0 Å². The molecule has 0 saturated heterocycles. The van der Waals surface area contributed by atoms with Crippen molar-refractivity contribution in [3.63, 3.8) is 0 Å². The van der Waals surface area contributed by atoms with Crippen molar-refractivity contribution in [2.45, 2.75) is 33.1 Å². The molecule has 0 bridgehead atoms. The number of alkyl halides is 1. The third-order valence-corrected chi connectivity index (χ3v) is 3.85. The molecule has 14 heavy (non-hydrogen) atoms. The molecule has 0 amide bonds. The van der Waals surface area contributed by atoms with Gasteiger partial charge in [0.25, 0.3) is 0 Å². The van der Waals surface area contributed by atoms with Crippen LogP contribution in [0.3, 0.4) is 0 Å². The van der Waals surface area contributed by atoms with E-state index in [-0.39, 0.29) is 5.75 Å². The molecule has 1 N–H and O–H groups in total. The standard InChI is InChI=1S/C9H20ClNO2S/c1-3-9(2)8-11-14(12,13)7-5-4-6-10/h9,11H,3-8H2,1-2H3. The molecule has 0 fully saturated rings. The SMILES string of the molecule is CCC(C)CNS(=O)(=O)CCCCCl. The molecule has 0 aliphatic heterocycles. The highest BCUT2D eigenvalue weighted by Crippen LogP contribution is 2.00. The van der Waals surface area contributed by atoms with Gasteiger partial charge in [-0.1, -0.05) is 20.3 Å². The van der Waals surface area contributed by atoms with E-state index in [1.807, 2.05) is 13.8 Å². The van der Waals surface area contributed by atoms with Crippen molar-refractivity contribution in [2.75, 3.05) is 18.2 Å². The molecule has 0 spiro atoms. The van der Waals surface area contributed by atoms with E-state index in [4.69, 9.17) is 11.6 Å². The topological polar surface area (TPSA) is 46.2 Å². The Morgan fingerprint density at radius 1 is 1.36 bits per heavy atom. The van der Waals surface area contributed by atoms with Gasteiger partial charge in [-0.2, -0.15) is 0 Å². The third kappa shape index (κ3) is 7.59. The van der Waals surface area contributed by atoms with Gasteiger partial charge in [0, 0.05) is 12.4 Å². The van der Waals surface area contributed by atoms with Gasteiger partial charge in [-0.15, -0.1) is 11.6 Å². The summed E-state index contributed by atoms with van der Waals surface area (Å²) in [5.41, 5.74) is 0. The Morgan fingerprint density at radius 2 is 2.00 bits per heavy atom. The lowest BCUT2D eigenvalue weighted by Gasteiger charge is -2.10. The lowest BCUT2D eigenvalue weighted by molar-refractivity contribution is 0.527. The van der Waals surface area contributed by atoms with Crippen LogP contribution in [0, 0.1) is 5.92 Å². The van der Waals surface area contributed by atoms with Crippen molar-refractivity contribution in [1.82, 2.24) is 4.72 Å². The molecule has 0 aromatic rings. The maximum atomic E-state index is 11.4. The van der Waals surface area contributed by atoms with Gasteiger partial charge < -0.3 is 0 Å². The zero-order chi connectivity index (χ0) is 11.0. The molecular formula is C9H20ClNO2S. The summed E-state index contributed by atoms with van der Waals surface area (Å²) in [6.45, 7) is 4.62. The Labute approximate surface area is 92.3 Å². The van der Waals surface area contributed by atoms with Crippen LogP contribution >= 0.6 is 11.6 Å². The Balaban J connectivity index is 3.73. The monoisotopic (exact) mass is 241 g/mol. The fourth-order valence-corrected chi connectivity index (χ4v) is 2.33. The lowest BCUT2D eigenvalue weighted by atomic mass is 10.1. The second-order valence-corrected chi connectivity index (χ2v) is 5.88. The zero-order valence-corrected chi connectivity index (χ0v) is 10.5. The van der Waals surface area contributed by atoms with Crippen molar-refractivity contribution < 1.29 is 8.42 Å². The second kappa shape index (κ2) is 7.49. The summed E-state index contributed by atoms with van der Waals surface area (Å²) in [4.78, 5) is 0. The molecule has 0 heterocycles. The van der Waals surface area contributed by atoms with Crippen LogP contribution in [0.4, 0.5) is 0 Å². The molecule has 0 aliphatic rings. The highest BCUT2D eigenvalue weighted by atomic mass is 35.5. The van der Waals surface area contributed by atoms with Crippen LogP contribution in [-0.2, 0) is 10.0 Å². The zero-order valence-electron chi connectivity index (χ0n) is 8.92. The fourth-order valence-electron chi connectivity index (χ4n) is 0.872. The number of unbranched alkanes of at least 4 members (excludes halogenated alkanes) is 1. The third-order valence-electron chi connectivity index (χ3n) is 2.15. The van der Waals surface area contributed by atoms with E-state index in [1.165, 1.54) is 0 Å². The summed E-state index contributed by atoms with van der Waals surface area (Å²) in [7, 11) is -3.07. The Hall–Kier alpha value is 0.200. The molecule has 1 unspecified atom stereocenters. The highest BCUT2D eigenvalue weighted by molar-refractivity contribution is 7.89. The molecule has 0 aliphatic carbocycles. The first-order valence-electron chi connectivity index (χ1n) is 5.05. The molecule has 0 aromatic carbocycles. The highest BCUT2D eigenvalue weighted by Gasteiger charge is 2.10. The van der Waals surface area contributed by atoms with Gasteiger partial charge in [-0.3, -0.25) is 0 Å². The second-order valence-electron chi connectivity index (χ2n) is 3.58. The average Bonchev–Trinajstić information content (AvgIpc) is 2.14. The van der Waals surface area contributed by atoms with E-state index in [2.05, 4.69) is 4.72 Å². The van der Waals surface area contributed by atoms with E-state index < -0.39 is 10.0 Å². The van der Waals surface area contributed by atoms with Gasteiger partial charge in [-0.25, -0.2) is 13.1 Å². The van der Waals surface area contributed by atoms with E-state index in [0.717, 1.165) is 12.8 Å². The molecular weight excluding hydrogens is 222 g/mol. The van der Waals surface area contributed by atoms with Gasteiger partial charge in [0.2, 0.25) is 10.0 Å². The molecule has 0 radical (unpaired) electrons. The molecule has 5 heteroatoms. The van der Waals surface area contributed by atoms with Gasteiger partial charge in [0.15, 0.2) is 0 Å². The van der Waals surface area contributed by atoms with Crippen LogP contribution in [0.2, 0.25) is 0 Å². The van der Waals surface area contributed by atoms with Crippen LogP contribution < -0.4 is 4.72 Å². The number of hydrogen-bond acceptors (Lipinski definition) is 2. The first-order chi connectivity index (χ1) is 6.52.